The number of nitrogens with zero attached hydrogens (tertiary/aromatic N) is 1. The van der Waals surface area contributed by atoms with E-state index >= 15 is 0 Å². The van der Waals surface area contributed by atoms with E-state index in [9.17, 15) is 0 Å². The van der Waals surface area contributed by atoms with Crippen molar-refractivity contribution in [3.05, 3.63) is 0 Å². The molecule has 0 amide bonds. The largest absolute Gasteiger partial charge is 0.383 e. The Morgan fingerprint density at radius 2 is 1.67 bits per heavy atom. The summed E-state index contributed by atoms with van der Waals surface area (Å²) in [5.74, 6) is 0. The minimum Gasteiger partial charge on any atom is -0.383 e. The van der Waals surface area contributed by atoms with E-state index in [0.717, 1.165) is 45.5 Å². The minimum absolute atomic E-state index is 0.390. The van der Waals surface area contributed by atoms with Crippen LogP contribution in [0, 0.1) is 0 Å². The van der Waals surface area contributed by atoms with Crippen molar-refractivity contribution in [1.82, 2.24) is 10.2 Å². The molecule has 1 N–H and O–H groups in total. The molecular weight excluding hydrogens is 232 g/mol. The quantitative estimate of drug-likeness (QED) is 0.548. The van der Waals surface area contributed by atoms with Crippen molar-refractivity contribution in [3.63, 3.8) is 0 Å². The zero-order chi connectivity index (χ0) is 13.2. The van der Waals surface area contributed by atoms with Crippen LogP contribution < -0.4 is 5.32 Å². The van der Waals surface area contributed by atoms with Crippen LogP contribution in [0.2, 0.25) is 0 Å². The molecule has 0 heterocycles. The topological polar surface area (TPSA) is 43.0 Å². The lowest BCUT2D eigenvalue weighted by atomic mass is 10.2. The fourth-order valence-corrected chi connectivity index (χ4v) is 1.97. The van der Waals surface area contributed by atoms with Crippen molar-refractivity contribution in [2.24, 2.45) is 0 Å². The lowest BCUT2D eigenvalue weighted by Crippen LogP contribution is -2.48. The van der Waals surface area contributed by atoms with Crippen LogP contribution in [0.5, 0.6) is 0 Å². The third-order valence-corrected chi connectivity index (χ3v) is 3.26. The molecule has 1 fully saturated rings. The van der Waals surface area contributed by atoms with Crippen molar-refractivity contribution in [2.75, 3.05) is 60.8 Å². The summed E-state index contributed by atoms with van der Waals surface area (Å²) < 4.78 is 15.7. The Labute approximate surface area is 111 Å². The molecule has 0 saturated heterocycles. The van der Waals surface area contributed by atoms with Crippen molar-refractivity contribution in [1.29, 1.82) is 0 Å². The average molecular weight is 260 g/mol. The van der Waals surface area contributed by atoms with E-state index in [0.29, 0.717) is 6.04 Å². The molecule has 1 atom stereocenters. The Hall–Kier alpha value is -0.200. The molecule has 1 unspecified atom stereocenters. The van der Waals surface area contributed by atoms with E-state index in [1.54, 1.807) is 21.3 Å². The van der Waals surface area contributed by atoms with Gasteiger partial charge in [0.2, 0.25) is 0 Å². The second-order valence-electron chi connectivity index (χ2n) is 4.81. The molecule has 5 nitrogen and oxygen atoms in total. The molecule has 18 heavy (non-hydrogen) atoms. The first-order valence-corrected chi connectivity index (χ1v) is 6.76. The molecule has 0 spiro atoms. The highest BCUT2D eigenvalue weighted by atomic mass is 16.5. The fraction of sp³-hybridized carbons (Fsp3) is 1.00. The van der Waals surface area contributed by atoms with Gasteiger partial charge in [-0.15, -0.1) is 0 Å². The highest BCUT2D eigenvalue weighted by molar-refractivity contribution is 4.84. The first kappa shape index (κ1) is 15.9. The highest BCUT2D eigenvalue weighted by Gasteiger charge is 2.24. The van der Waals surface area contributed by atoms with Crippen LogP contribution in [0.3, 0.4) is 0 Å². The summed E-state index contributed by atoms with van der Waals surface area (Å²) in [5.41, 5.74) is 0. The number of hydrogen-bond acceptors (Lipinski definition) is 5. The van der Waals surface area contributed by atoms with Gasteiger partial charge in [-0.05, 0) is 12.8 Å². The molecule has 108 valence electrons. The van der Waals surface area contributed by atoms with Crippen LogP contribution in [0.25, 0.3) is 0 Å². The van der Waals surface area contributed by atoms with Crippen LogP contribution >= 0.6 is 0 Å². The Kier molecular flexibility index (Phi) is 8.54. The molecule has 0 aromatic rings. The second kappa shape index (κ2) is 9.69. The van der Waals surface area contributed by atoms with Crippen LogP contribution in [-0.4, -0.2) is 77.8 Å². The van der Waals surface area contributed by atoms with Gasteiger partial charge in [0.15, 0.2) is 0 Å². The van der Waals surface area contributed by atoms with E-state index in [1.165, 1.54) is 12.8 Å². The Morgan fingerprint density at radius 3 is 2.11 bits per heavy atom. The normalized spacial score (nSPS) is 17.3. The van der Waals surface area contributed by atoms with E-state index in [4.69, 9.17) is 14.2 Å². The number of hydrogen-bond donors (Lipinski definition) is 1. The van der Waals surface area contributed by atoms with Crippen molar-refractivity contribution in [2.45, 2.75) is 24.9 Å². The van der Waals surface area contributed by atoms with Gasteiger partial charge in [-0.3, -0.25) is 4.90 Å². The lowest BCUT2D eigenvalue weighted by Gasteiger charge is -2.31. The standard InChI is InChI=1S/C13H28N2O3/c1-16-8-6-15(7-9-17-2)13(11-18-3)10-14-12-4-5-12/h12-14H,4-11H2,1-3H3. The van der Waals surface area contributed by atoms with E-state index < -0.39 is 0 Å². The third kappa shape index (κ3) is 6.66. The summed E-state index contributed by atoms with van der Waals surface area (Å²) >= 11 is 0. The molecule has 0 radical (unpaired) electrons. The maximum atomic E-state index is 5.33. The zero-order valence-corrected chi connectivity index (χ0v) is 12.0. The maximum Gasteiger partial charge on any atom is 0.0630 e. The van der Waals surface area contributed by atoms with Crippen LogP contribution in [0.15, 0.2) is 0 Å². The number of nitrogens with one attached hydrogen (secondary N) is 1. The molecule has 1 rings (SSSR count). The zero-order valence-electron chi connectivity index (χ0n) is 12.0. The molecule has 1 aliphatic rings. The number of ether oxygens (including phenoxy) is 3. The van der Waals surface area contributed by atoms with Crippen LogP contribution in [0.1, 0.15) is 12.8 Å². The minimum atomic E-state index is 0.390. The second-order valence-corrected chi connectivity index (χ2v) is 4.81. The van der Waals surface area contributed by atoms with Gasteiger partial charge in [-0.25, -0.2) is 0 Å². The maximum absolute atomic E-state index is 5.33. The Morgan fingerprint density at radius 1 is 1.06 bits per heavy atom. The van der Waals surface area contributed by atoms with Gasteiger partial charge < -0.3 is 19.5 Å². The van der Waals surface area contributed by atoms with Crippen molar-refractivity contribution >= 4 is 0 Å². The van der Waals surface area contributed by atoms with Gasteiger partial charge in [-0.1, -0.05) is 0 Å². The molecule has 1 saturated carbocycles. The Bertz CT molecular complexity index is 193. The van der Waals surface area contributed by atoms with Gasteiger partial charge >= 0.3 is 0 Å². The molecule has 5 heteroatoms. The molecule has 0 aliphatic heterocycles. The first-order valence-electron chi connectivity index (χ1n) is 6.76. The summed E-state index contributed by atoms with van der Waals surface area (Å²) in [6.07, 6.45) is 2.63. The van der Waals surface area contributed by atoms with Gasteiger partial charge in [0, 0.05) is 53.0 Å². The third-order valence-electron chi connectivity index (χ3n) is 3.26. The molecule has 0 bridgehead atoms. The summed E-state index contributed by atoms with van der Waals surface area (Å²) in [4.78, 5) is 2.38. The van der Waals surface area contributed by atoms with Gasteiger partial charge in [0.25, 0.3) is 0 Å². The SMILES string of the molecule is COCCN(CCOC)C(CNC1CC1)COC. The highest BCUT2D eigenvalue weighted by Crippen LogP contribution is 2.18. The number of methoxy groups -OCH3 is 3. The monoisotopic (exact) mass is 260 g/mol. The molecule has 0 aromatic carbocycles. The molecular formula is C13H28N2O3. The molecule has 0 aromatic heterocycles. The van der Waals surface area contributed by atoms with E-state index in [1.807, 2.05) is 0 Å². The fourth-order valence-electron chi connectivity index (χ4n) is 1.97. The summed E-state index contributed by atoms with van der Waals surface area (Å²) in [5, 5.41) is 3.57. The predicted molar refractivity (Wildman–Crippen MR) is 72.0 cm³/mol. The van der Waals surface area contributed by atoms with Crippen LogP contribution in [0.4, 0.5) is 0 Å². The van der Waals surface area contributed by atoms with Crippen LogP contribution in [-0.2, 0) is 14.2 Å². The van der Waals surface area contributed by atoms with Gasteiger partial charge in [-0.2, -0.15) is 0 Å². The Balaban J connectivity index is 2.37. The molecule has 1 aliphatic carbocycles. The van der Waals surface area contributed by atoms with Crippen molar-refractivity contribution < 1.29 is 14.2 Å². The van der Waals surface area contributed by atoms with E-state index in [-0.39, 0.29) is 0 Å². The smallest absolute Gasteiger partial charge is 0.0630 e. The number of rotatable bonds is 12. The summed E-state index contributed by atoms with van der Waals surface area (Å²) in [6.45, 7) is 5.04. The predicted octanol–water partition coefficient (Wildman–Crippen LogP) is 0.348. The lowest BCUT2D eigenvalue weighted by molar-refractivity contribution is 0.0488. The van der Waals surface area contributed by atoms with E-state index in [2.05, 4.69) is 10.2 Å². The van der Waals surface area contributed by atoms with Gasteiger partial charge in [0.1, 0.15) is 0 Å². The summed E-state index contributed by atoms with van der Waals surface area (Å²) in [6, 6.07) is 1.12. The average Bonchev–Trinajstić information content (AvgIpc) is 3.19. The van der Waals surface area contributed by atoms with Crippen molar-refractivity contribution in [3.8, 4) is 0 Å². The summed E-state index contributed by atoms with van der Waals surface area (Å²) in [7, 11) is 5.24. The van der Waals surface area contributed by atoms with Gasteiger partial charge in [0.05, 0.1) is 19.8 Å². The first-order chi connectivity index (χ1) is 8.81.